The molecule has 0 spiro atoms. The van der Waals surface area contributed by atoms with Crippen molar-refractivity contribution in [2.45, 2.75) is 44.9 Å². The van der Waals surface area contributed by atoms with Gasteiger partial charge in [-0.05, 0) is 49.0 Å². The van der Waals surface area contributed by atoms with E-state index in [0.717, 1.165) is 16.6 Å². The third-order valence-electron chi connectivity index (χ3n) is 4.74. The van der Waals surface area contributed by atoms with Gasteiger partial charge in [-0.15, -0.1) is 0 Å². The molecular formula is C17H24Br2. The molecule has 0 nitrogen and oxygen atoms in total. The van der Waals surface area contributed by atoms with Gasteiger partial charge in [-0.25, -0.2) is 0 Å². The van der Waals surface area contributed by atoms with Crippen molar-refractivity contribution in [3.63, 3.8) is 0 Å². The number of hydrogen-bond donors (Lipinski definition) is 0. The van der Waals surface area contributed by atoms with Crippen molar-refractivity contribution < 1.29 is 0 Å². The molecule has 0 radical (unpaired) electrons. The van der Waals surface area contributed by atoms with Crippen LogP contribution in [0.1, 0.15) is 44.1 Å². The van der Waals surface area contributed by atoms with Gasteiger partial charge in [-0.1, -0.05) is 75.0 Å². The van der Waals surface area contributed by atoms with Crippen LogP contribution < -0.4 is 0 Å². The van der Waals surface area contributed by atoms with E-state index < -0.39 is 0 Å². The lowest BCUT2D eigenvalue weighted by Crippen LogP contribution is -2.33. The van der Waals surface area contributed by atoms with Gasteiger partial charge in [0.25, 0.3) is 0 Å². The summed E-state index contributed by atoms with van der Waals surface area (Å²) in [5, 5.41) is 2.29. The maximum absolute atomic E-state index is 3.80. The lowest BCUT2D eigenvalue weighted by molar-refractivity contribution is 0.211. The minimum Gasteiger partial charge on any atom is -0.0922 e. The normalized spacial score (nSPS) is 16.9. The molecule has 1 aliphatic carbocycles. The zero-order chi connectivity index (χ0) is 13.6. The average molecular weight is 388 g/mol. The van der Waals surface area contributed by atoms with E-state index in [-0.39, 0.29) is 0 Å². The highest BCUT2D eigenvalue weighted by Crippen LogP contribution is 2.45. The van der Waals surface area contributed by atoms with E-state index in [2.05, 4.69) is 62.2 Å². The van der Waals surface area contributed by atoms with E-state index in [1.807, 2.05) is 0 Å². The highest BCUT2D eigenvalue weighted by molar-refractivity contribution is 9.09. The second-order valence-electron chi connectivity index (χ2n) is 5.95. The molecule has 1 saturated carbocycles. The lowest BCUT2D eigenvalue weighted by Gasteiger charge is -2.36. The Balaban J connectivity index is 1.89. The van der Waals surface area contributed by atoms with Gasteiger partial charge < -0.3 is 0 Å². The van der Waals surface area contributed by atoms with E-state index in [1.165, 1.54) is 50.5 Å². The predicted molar refractivity (Wildman–Crippen MR) is 91.4 cm³/mol. The quantitative estimate of drug-likeness (QED) is 0.505. The molecule has 1 fully saturated rings. The minimum absolute atomic E-state index is 0.477. The zero-order valence-electron chi connectivity index (χ0n) is 11.6. The van der Waals surface area contributed by atoms with Crippen LogP contribution in [0.3, 0.4) is 0 Å². The van der Waals surface area contributed by atoms with Gasteiger partial charge in [0, 0.05) is 10.7 Å². The Bertz CT molecular complexity index is 351. The van der Waals surface area contributed by atoms with Crippen molar-refractivity contribution in [2.75, 3.05) is 10.7 Å². The number of aryl methyl sites for hydroxylation is 1. The highest BCUT2D eigenvalue weighted by Gasteiger charge is 2.37. The maximum Gasteiger partial charge on any atom is 0.00986 e. The van der Waals surface area contributed by atoms with E-state index in [1.54, 1.807) is 0 Å². The Hall–Kier alpha value is 0.180. The number of rotatable bonds is 7. The molecule has 0 unspecified atom stereocenters. The first-order valence-electron chi connectivity index (χ1n) is 7.46. The molecule has 0 aromatic heterocycles. The van der Waals surface area contributed by atoms with Gasteiger partial charge in [-0.3, -0.25) is 0 Å². The first-order chi connectivity index (χ1) is 9.30. The summed E-state index contributed by atoms with van der Waals surface area (Å²) in [7, 11) is 0. The van der Waals surface area contributed by atoms with E-state index in [0.29, 0.717) is 5.41 Å². The van der Waals surface area contributed by atoms with Crippen molar-refractivity contribution in [1.82, 2.24) is 0 Å². The zero-order valence-corrected chi connectivity index (χ0v) is 14.8. The molecule has 0 aliphatic heterocycles. The molecule has 106 valence electrons. The third kappa shape index (κ3) is 4.07. The Morgan fingerprint density at radius 1 is 1.00 bits per heavy atom. The Labute approximate surface area is 134 Å². The van der Waals surface area contributed by atoms with E-state index in [4.69, 9.17) is 0 Å². The molecule has 1 aromatic carbocycles. The summed E-state index contributed by atoms with van der Waals surface area (Å²) in [5.74, 6) is 0.919. The fraction of sp³-hybridized carbons (Fsp3) is 0.647. The molecule has 1 aromatic rings. The minimum atomic E-state index is 0.477. The number of hydrogen-bond acceptors (Lipinski definition) is 0. The predicted octanol–water partition coefficient (Wildman–Crippen LogP) is 5.98. The summed E-state index contributed by atoms with van der Waals surface area (Å²) in [4.78, 5) is 0. The van der Waals surface area contributed by atoms with Gasteiger partial charge >= 0.3 is 0 Å². The van der Waals surface area contributed by atoms with Crippen LogP contribution >= 0.6 is 31.9 Å². The summed E-state index contributed by atoms with van der Waals surface area (Å²) in [6.45, 7) is 0. The van der Waals surface area contributed by atoms with Crippen molar-refractivity contribution >= 4 is 31.9 Å². The summed E-state index contributed by atoms with van der Waals surface area (Å²) in [6, 6.07) is 10.9. The molecule has 0 saturated heterocycles. The summed E-state index contributed by atoms with van der Waals surface area (Å²) in [6.07, 6.45) is 9.59. The fourth-order valence-electron chi connectivity index (χ4n) is 3.42. The van der Waals surface area contributed by atoms with Crippen LogP contribution in [0.5, 0.6) is 0 Å². The van der Waals surface area contributed by atoms with Crippen LogP contribution in [0.15, 0.2) is 30.3 Å². The van der Waals surface area contributed by atoms with Crippen LogP contribution in [-0.4, -0.2) is 10.7 Å². The monoisotopic (exact) mass is 386 g/mol. The molecule has 0 N–H and O–H groups in total. The molecule has 2 heteroatoms. The van der Waals surface area contributed by atoms with Crippen LogP contribution in [0.25, 0.3) is 0 Å². The van der Waals surface area contributed by atoms with Crippen molar-refractivity contribution in [3.8, 4) is 0 Å². The summed E-state index contributed by atoms with van der Waals surface area (Å²) < 4.78 is 0. The number of halogens is 2. The topological polar surface area (TPSA) is 0 Å². The fourth-order valence-corrected chi connectivity index (χ4v) is 5.82. The third-order valence-corrected chi connectivity index (χ3v) is 6.97. The lowest BCUT2D eigenvalue weighted by atomic mass is 9.74. The average Bonchev–Trinajstić information content (AvgIpc) is 3.00. The van der Waals surface area contributed by atoms with Gasteiger partial charge in [0.1, 0.15) is 0 Å². The van der Waals surface area contributed by atoms with Gasteiger partial charge in [0.05, 0.1) is 0 Å². The molecule has 1 aliphatic rings. The molecular weight excluding hydrogens is 364 g/mol. The van der Waals surface area contributed by atoms with Gasteiger partial charge in [0.15, 0.2) is 0 Å². The largest absolute Gasteiger partial charge is 0.0922 e. The summed E-state index contributed by atoms with van der Waals surface area (Å²) >= 11 is 7.60. The van der Waals surface area contributed by atoms with Crippen LogP contribution in [0, 0.1) is 11.3 Å². The number of benzene rings is 1. The van der Waals surface area contributed by atoms with Crippen LogP contribution in [0.4, 0.5) is 0 Å². The van der Waals surface area contributed by atoms with Gasteiger partial charge in [-0.2, -0.15) is 0 Å². The SMILES string of the molecule is BrCC(CBr)(CCCc1ccccc1)C1CCCC1. The smallest absolute Gasteiger partial charge is 0.00986 e. The molecule has 19 heavy (non-hydrogen) atoms. The van der Waals surface area contributed by atoms with Crippen molar-refractivity contribution in [2.24, 2.45) is 11.3 Å². The van der Waals surface area contributed by atoms with E-state index >= 15 is 0 Å². The number of alkyl halides is 2. The van der Waals surface area contributed by atoms with Crippen molar-refractivity contribution in [3.05, 3.63) is 35.9 Å². The Kier molecular flexibility index (Phi) is 6.41. The van der Waals surface area contributed by atoms with Crippen molar-refractivity contribution in [1.29, 1.82) is 0 Å². The standard InChI is InChI=1S/C17H24Br2/c18-13-17(14-19,16-10-4-5-11-16)12-6-9-15-7-2-1-3-8-15/h1-3,7-8,16H,4-6,9-14H2. The van der Waals surface area contributed by atoms with Crippen LogP contribution in [0.2, 0.25) is 0 Å². The molecule has 2 rings (SSSR count). The van der Waals surface area contributed by atoms with Crippen LogP contribution in [-0.2, 0) is 6.42 Å². The Morgan fingerprint density at radius 3 is 2.21 bits per heavy atom. The first-order valence-corrected chi connectivity index (χ1v) is 9.71. The molecule has 0 bridgehead atoms. The Morgan fingerprint density at radius 2 is 1.63 bits per heavy atom. The highest BCUT2D eigenvalue weighted by atomic mass is 79.9. The second kappa shape index (κ2) is 7.83. The summed E-state index contributed by atoms with van der Waals surface area (Å²) in [5.41, 5.74) is 1.96. The first kappa shape index (κ1) is 15.6. The van der Waals surface area contributed by atoms with E-state index in [9.17, 15) is 0 Å². The second-order valence-corrected chi connectivity index (χ2v) is 7.07. The maximum atomic E-state index is 3.80. The molecule has 0 heterocycles. The molecule has 0 atom stereocenters. The molecule has 0 amide bonds. The van der Waals surface area contributed by atoms with Gasteiger partial charge in [0.2, 0.25) is 0 Å².